The number of fused-ring (bicyclic) bond motifs is 1. The number of carbonyl (C=O) groups is 1. The number of nitro benzene ring substituents is 1. The number of nitrogens with zero attached hydrogens (tertiary/aromatic N) is 2. The number of methoxy groups -OCH3 is 2. The Morgan fingerprint density at radius 3 is 2.37 bits per heavy atom. The zero-order valence-corrected chi connectivity index (χ0v) is 16.2. The van der Waals surface area contributed by atoms with Crippen LogP contribution in [0, 0.1) is 21.4 Å². The third kappa shape index (κ3) is 4.20. The molecule has 150 valence electrons. The molecule has 0 unspecified atom stereocenters. The maximum Gasteiger partial charge on any atom is 0.280 e. The van der Waals surface area contributed by atoms with E-state index >= 15 is 0 Å². The molecule has 0 spiro atoms. The van der Waals surface area contributed by atoms with Crippen LogP contribution in [0.2, 0.25) is 0 Å². The average Bonchev–Trinajstić information content (AvgIpc) is 2.76. The van der Waals surface area contributed by atoms with E-state index in [1.54, 1.807) is 18.2 Å². The van der Waals surface area contributed by atoms with E-state index in [4.69, 9.17) is 9.47 Å². The number of hydrogen-bond donors (Lipinski definition) is 1. The molecule has 1 N–H and O–H groups in total. The Hall–Kier alpha value is -4.38. The Labute approximate surface area is 172 Å². The smallest absolute Gasteiger partial charge is 0.280 e. The van der Waals surface area contributed by atoms with Crippen molar-refractivity contribution in [2.24, 2.45) is 0 Å². The molecule has 1 amide bonds. The number of ether oxygens (including phenoxy) is 2. The van der Waals surface area contributed by atoms with E-state index in [1.165, 1.54) is 26.4 Å². The molecular weight excluding hydrogens is 386 g/mol. The zero-order valence-electron chi connectivity index (χ0n) is 16.2. The Kier molecular flexibility index (Phi) is 5.94. The first-order chi connectivity index (χ1) is 14.5. The van der Waals surface area contributed by atoms with Gasteiger partial charge in [-0.15, -0.1) is 0 Å². The van der Waals surface area contributed by atoms with Gasteiger partial charge in [0, 0.05) is 5.69 Å². The number of rotatable bonds is 6. The van der Waals surface area contributed by atoms with Gasteiger partial charge in [-0.3, -0.25) is 14.9 Å². The lowest BCUT2D eigenvalue weighted by atomic mass is 10.1. The van der Waals surface area contributed by atoms with Crippen molar-refractivity contribution in [1.29, 1.82) is 5.26 Å². The molecule has 3 aromatic rings. The van der Waals surface area contributed by atoms with Gasteiger partial charge in [0.05, 0.1) is 30.8 Å². The van der Waals surface area contributed by atoms with Gasteiger partial charge in [0.2, 0.25) is 0 Å². The zero-order chi connectivity index (χ0) is 21.7. The molecule has 30 heavy (non-hydrogen) atoms. The van der Waals surface area contributed by atoms with E-state index in [1.807, 2.05) is 30.3 Å². The fourth-order valence-corrected chi connectivity index (χ4v) is 2.93. The van der Waals surface area contributed by atoms with Gasteiger partial charge in [0.25, 0.3) is 11.6 Å². The number of nitriles is 1. The molecule has 0 aromatic heterocycles. The van der Waals surface area contributed by atoms with Crippen LogP contribution >= 0.6 is 0 Å². The van der Waals surface area contributed by atoms with Crippen LogP contribution in [0.1, 0.15) is 5.56 Å². The third-order valence-electron chi connectivity index (χ3n) is 4.40. The highest BCUT2D eigenvalue weighted by Crippen LogP contribution is 2.35. The molecule has 0 bridgehead atoms. The van der Waals surface area contributed by atoms with Gasteiger partial charge in [0.15, 0.2) is 11.5 Å². The van der Waals surface area contributed by atoms with E-state index in [-0.39, 0.29) is 28.3 Å². The Morgan fingerprint density at radius 2 is 1.73 bits per heavy atom. The second kappa shape index (κ2) is 8.75. The van der Waals surface area contributed by atoms with Gasteiger partial charge < -0.3 is 14.8 Å². The highest BCUT2D eigenvalue weighted by atomic mass is 16.6. The molecule has 0 saturated heterocycles. The number of hydrogen-bond acceptors (Lipinski definition) is 6. The Bertz CT molecular complexity index is 1210. The van der Waals surface area contributed by atoms with E-state index in [2.05, 4.69) is 5.32 Å². The summed E-state index contributed by atoms with van der Waals surface area (Å²) in [6.07, 6.45) is 1.15. The standard InChI is InChI=1S/C22H17N3O5/c1-29-20-11-16(19(25(27)28)12-21(20)30-2)9-17(13-23)22(26)24-18-8-7-14-5-3-4-6-15(14)10-18/h3-12H,1-2H3,(H,24,26)/b17-9-. The summed E-state index contributed by atoms with van der Waals surface area (Å²) in [4.78, 5) is 23.4. The van der Waals surface area contributed by atoms with Crippen LogP contribution in [0.5, 0.6) is 11.5 Å². The summed E-state index contributed by atoms with van der Waals surface area (Å²) in [5, 5.41) is 25.5. The van der Waals surface area contributed by atoms with E-state index in [9.17, 15) is 20.2 Å². The van der Waals surface area contributed by atoms with E-state index in [0.29, 0.717) is 5.69 Å². The van der Waals surface area contributed by atoms with Crippen LogP contribution in [-0.2, 0) is 4.79 Å². The largest absolute Gasteiger partial charge is 0.493 e. The predicted molar refractivity (Wildman–Crippen MR) is 112 cm³/mol. The Morgan fingerprint density at radius 1 is 1.07 bits per heavy atom. The summed E-state index contributed by atoms with van der Waals surface area (Å²) < 4.78 is 10.2. The first kappa shape index (κ1) is 20.4. The molecule has 3 aromatic carbocycles. The van der Waals surface area contributed by atoms with Crippen LogP contribution in [0.25, 0.3) is 16.8 Å². The van der Waals surface area contributed by atoms with Gasteiger partial charge in [-0.2, -0.15) is 5.26 Å². The van der Waals surface area contributed by atoms with Crippen molar-refractivity contribution in [2.75, 3.05) is 19.5 Å². The maximum absolute atomic E-state index is 12.6. The lowest BCUT2D eigenvalue weighted by Crippen LogP contribution is -2.13. The van der Waals surface area contributed by atoms with Crippen LogP contribution in [0.15, 0.2) is 60.2 Å². The molecule has 0 aliphatic rings. The molecule has 0 atom stereocenters. The van der Waals surface area contributed by atoms with Crippen molar-refractivity contribution < 1.29 is 19.2 Å². The first-order valence-corrected chi connectivity index (χ1v) is 8.79. The maximum atomic E-state index is 12.6. The molecule has 8 nitrogen and oxygen atoms in total. The highest BCUT2D eigenvalue weighted by molar-refractivity contribution is 6.10. The third-order valence-corrected chi connectivity index (χ3v) is 4.40. The molecule has 0 saturated carbocycles. The summed E-state index contributed by atoms with van der Waals surface area (Å²) in [6.45, 7) is 0. The summed E-state index contributed by atoms with van der Waals surface area (Å²) in [5.74, 6) is -0.279. The van der Waals surface area contributed by atoms with Crippen LogP contribution in [-0.4, -0.2) is 25.1 Å². The van der Waals surface area contributed by atoms with E-state index < -0.39 is 10.8 Å². The van der Waals surface area contributed by atoms with Gasteiger partial charge >= 0.3 is 0 Å². The average molecular weight is 403 g/mol. The van der Waals surface area contributed by atoms with Crippen molar-refractivity contribution >= 4 is 34.1 Å². The van der Waals surface area contributed by atoms with Crippen LogP contribution < -0.4 is 14.8 Å². The lowest BCUT2D eigenvalue weighted by Gasteiger charge is -2.09. The minimum Gasteiger partial charge on any atom is -0.493 e. The molecule has 0 aliphatic heterocycles. The first-order valence-electron chi connectivity index (χ1n) is 8.79. The van der Waals surface area contributed by atoms with Crippen molar-refractivity contribution in [3.63, 3.8) is 0 Å². The monoisotopic (exact) mass is 403 g/mol. The molecule has 0 radical (unpaired) electrons. The number of nitro groups is 1. The number of nitrogens with one attached hydrogen (secondary N) is 1. The van der Waals surface area contributed by atoms with Gasteiger partial charge in [0.1, 0.15) is 11.6 Å². The van der Waals surface area contributed by atoms with Gasteiger partial charge in [-0.05, 0) is 35.0 Å². The summed E-state index contributed by atoms with van der Waals surface area (Å²) in [6, 6.07) is 17.3. The molecule has 0 fully saturated rings. The summed E-state index contributed by atoms with van der Waals surface area (Å²) >= 11 is 0. The lowest BCUT2D eigenvalue weighted by molar-refractivity contribution is -0.385. The minimum absolute atomic E-state index is 0.0443. The summed E-state index contributed by atoms with van der Waals surface area (Å²) in [5.41, 5.74) is -0.0677. The number of benzene rings is 3. The fraction of sp³-hybridized carbons (Fsp3) is 0.0909. The predicted octanol–water partition coefficient (Wildman–Crippen LogP) is 4.31. The van der Waals surface area contributed by atoms with Gasteiger partial charge in [-0.25, -0.2) is 0 Å². The normalized spacial score (nSPS) is 10.9. The second-order valence-electron chi connectivity index (χ2n) is 6.21. The number of anilines is 1. The molecule has 0 heterocycles. The summed E-state index contributed by atoms with van der Waals surface area (Å²) in [7, 11) is 2.74. The van der Waals surface area contributed by atoms with Crippen molar-refractivity contribution in [3.05, 3.63) is 75.8 Å². The number of amides is 1. The van der Waals surface area contributed by atoms with E-state index in [0.717, 1.165) is 16.8 Å². The molecule has 0 aliphatic carbocycles. The van der Waals surface area contributed by atoms with Crippen molar-refractivity contribution in [1.82, 2.24) is 0 Å². The Balaban J connectivity index is 1.97. The van der Waals surface area contributed by atoms with Crippen LogP contribution in [0.3, 0.4) is 0 Å². The van der Waals surface area contributed by atoms with Crippen LogP contribution in [0.4, 0.5) is 11.4 Å². The molecule has 8 heteroatoms. The second-order valence-corrected chi connectivity index (χ2v) is 6.21. The molecule has 3 rings (SSSR count). The van der Waals surface area contributed by atoms with Crippen molar-refractivity contribution in [2.45, 2.75) is 0 Å². The highest BCUT2D eigenvalue weighted by Gasteiger charge is 2.20. The number of carbonyl (C=O) groups excluding carboxylic acids is 1. The quantitative estimate of drug-likeness (QED) is 0.284. The SMILES string of the molecule is COc1cc(/C=C(/C#N)C(=O)Nc2ccc3ccccc3c2)c([N+](=O)[O-])cc1OC. The topological polar surface area (TPSA) is 114 Å². The van der Waals surface area contributed by atoms with Crippen molar-refractivity contribution in [3.8, 4) is 17.6 Å². The molecular formula is C22H17N3O5. The minimum atomic E-state index is -0.683. The van der Waals surface area contributed by atoms with Gasteiger partial charge in [-0.1, -0.05) is 30.3 Å². The fourth-order valence-electron chi connectivity index (χ4n) is 2.93.